The molecule has 0 aliphatic heterocycles. The van der Waals surface area contributed by atoms with Gasteiger partial charge in [0.05, 0.1) is 16.3 Å². The van der Waals surface area contributed by atoms with Gasteiger partial charge >= 0.3 is 0 Å². The second-order valence-electron chi connectivity index (χ2n) is 6.31. The molecule has 0 aliphatic carbocycles. The first-order valence-corrected chi connectivity index (χ1v) is 8.74. The minimum Gasteiger partial charge on any atom is -0.349 e. The fourth-order valence-corrected chi connectivity index (χ4v) is 3.45. The summed E-state index contributed by atoms with van der Waals surface area (Å²) < 4.78 is 14.9. The van der Waals surface area contributed by atoms with Crippen LogP contribution in [0.4, 0.5) is 4.39 Å². The molecule has 3 aromatic rings. The molecule has 1 unspecified atom stereocenters. The van der Waals surface area contributed by atoms with Gasteiger partial charge < -0.3 is 5.32 Å². The van der Waals surface area contributed by atoms with Gasteiger partial charge in [0.2, 0.25) is 0 Å². The summed E-state index contributed by atoms with van der Waals surface area (Å²) in [6.07, 6.45) is 0. The number of fused-ring (bicyclic) bond motifs is 1. The maximum absolute atomic E-state index is 13.1. The van der Waals surface area contributed by atoms with Crippen molar-refractivity contribution < 1.29 is 9.18 Å². The van der Waals surface area contributed by atoms with Gasteiger partial charge in [-0.15, -0.1) is 11.3 Å². The van der Waals surface area contributed by atoms with Crippen LogP contribution in [-0.4, -0.2) is 21.7 Å². The molecule has 0 saturated carbocycles. The first-order valence-electron chi connectivity index (χ1n) is 7.92. The van der Waals surface area contributed by atoms with Crippen LogP contribution in [0.2, 0.25) is 0 Å². The van der Waals surface area contributed by atoms with Crippen LogP contribution >= 0.6 is 11.3 Å². The van der Waals surface area contributed by atoms with E-state index in [0.29, 0.717) is 10.8 Å². The molecular formula is C18H20FN3OS. The smallest absolute Gasteiger partial charge is 0.261 e. The molecule has 24 heavy (non-hydrogen) atoms. The Kier molecular flexibility index (Phi) is 4.41. The fourth-order valence-electron chi connectivity index (χ4n) is 2.36. The molecule has 0 bridgehead atoms. The minimum atomic E-state index is -0.284. The lowest BCUT2D eigenvalue weighted by Crippen LogP contribution is -2.35. The number of benzene rings is 1. The Morgan fingerprint density at radius 2 is 1.92 bits per heavy atom. The number of carbonyl (C=O) groups is 1. The van der Waals surface area contributed by atoms with Crippen LogP contribution < -0.4 is 5.32 Å². The Hall–Kier alpha value is -2.21. The van der Waals surface area contributed by atoms with Crippen molar-refractivity contribution in [3.63, 3.8) is 0 Å². The molecule has 1 aromatic carbocycles. The largest absolute Gasteiger partial charge is 0.349 e. The van der Waals surface area contributed by atoms with Crippen molar-refractivity contribution in [1.29, 1.82) is 0 Å². The number of rotatable bonds is 4. The summed E-state index contributed by atoms with van der Waals surface area (Å²) in [4.78, 5) is 14.0. The maximum Gasteiger partial charge on any atom is 0.261 e. The van der Waals surface area contributed by atoms with Crippen molar-refractivity contribution >= 4 is 27.5 Å². The predicted molar refractivity (Wildman–Crippen MR) is 95.4 cm³/mol. The molecule has 0 spiro atoms. The van der Waals surface area contributed by atoms with E-state index in [1.54, 1.807) is 16.8 Å². The number of halogens is 1. The maximum atomic E-state index is 13.1. The average Bonchev–Trinajstić information content (AvgIpc) is 3.09. The Bertz CT molecular complexity index is 880. The SMILES string of the molecule is Cc1nn(-c2ccc(F)cc2)c2sc(C(=O)NC(C)C(C)C)cc12. The Balaban J connectivity index is 1.98. The number of nitrogens with one attached hydrogen (secondary N) is 1. The fraction of sp³-hybridized carbons (Fsp3) is 0.333. The van der Waals surface area contributed by atoms with Gasteiger partial charge in [-0.2, -0.15) is 5.10 Å². The number of aromatic nitrogens is 2. The Labute approximate surface area is 144 Å². The van der Waals surface area contributed by atoms with Gasteiger partial charge in [-0.25, -0.2) is 9.07 Å². The predicted octanol–water partition coefficient (Wildman–Crippen LogP) is 4.31. The second-order valence-corrected chi connectivity index (χ2v) is 7.34. The summed E-state index contributed by atoms with van der Waals surface area (Å²) in [5.74, 6) is 0.0232. The third kappa shape index (κ3) is 3.06. The number of aryl methyl sites for hydroxylation is 1. The van der Waals surface area contributed by atoms with Crippen molar-refractivity contribution in [2.75, 3.05) is 0 Å². The number of thiophene rings is 1. The molecule has 1 atom stereocenters. The van der Waals surface area contributed by atoms with E-state index < -0.39 is 0 Å². The van der Waals surface area contributed by atoms with Gasteiger partial charge in [0.15, 0.2) is 0 Å². The van der Waals surface area contributed by atoms with Crippen LogP contribution in [0.25, 0.3) is 15.9 Å². The third-order valence-corrected chi connectivity index (χ3v) is 5.31. The number of nitrogens with zero attached hydrogens (tertiary/aromatic N) is 2. The average molecular weight is 345 g/mol. The summed E-state index contributed by atoms with van der Waals surface area (Å²) in [5, 5.41) is 8.49. The van der Waals surface area contributed by atoms with E-state index in [1.165, 1.54) is 23.5 Å². The third-order valence-electron chi connectivity index (χ3n) is 4.20. The lowest BCUT2D eigenvalue weighted by molar-refractivity contribution is 0.0934. The van der Waals surface area contributed by atoms with Crippen molar-refractivity contribution in [3.05, 3.63) is 46.7 Å². The van der Waals surface area contributed by atoms with Crippen molar-refractivity contribution in [3.8, 4) is 5.69 Å². The minimum absolute atomic E-state index is 0.0672. The topological polar surface area (TPSA) is 46.9 Å². The molecule has 3 rings (SSSR count). The Morgan fingerprint density at radius 3 is 2.54 bits per heavy atom. The standard InChI is InChI=1S/C18H20FN3OS/c1-10(2)11(3)20-17(23)16-9-15-12(4)21-22(18(15)24-16)14-7-5-13(19)6-8-14/h5-11H,1-4H3,(H,20,23). The summed E-state index contributed by atoms with van der Waals surface area (Å²) in [6, 6.07) is 8.17. The van der Waals surface area contributed by atoms with E-state index in [9.17, 15) is 9.18 Å². The number of amides is 1. The zero-order chi connectivity index (χ0) is 17.4. The summed E-state index contributed by atoms with van der Waals surface area (Å²) >= 11 is 1.40. The van der Waals surface area contributed by atoms with Crippen LogP contribution in [0.3, 0.4) is 0 Å². The molecule has 0 saturated heterocycles. The van der Waals surface area contributed by atoms with E-state index in [-0.39, 0.29) is 17.8 Å². The van der Waals surface area contributed by atoms with Crippen LogP contribution in [0.15, 0.2) is 30.3 Å². The molecular weight excluding hydrogens is 325 g/mol. The molecule has 0 aliphatic rings. The first-order chi connectivity index (χ1) is 11.4. The number of hydrogen-bond acceptors (Lipinski definition) is 3. The zero-order valence-electron chi connectivity index (χ0n) is 14.1. The molecule has 1 amide bonds. The molecule has 0 fully saturated rings. The Morgan fingerprint density at radius 1 is 1.25 bits per heavy atom. The normalized spacial score (nSPS) is 12.8. The first kappa shape index (κ1) is 16.6. The summed E-state index contributed by atoms with van der Waals surface area (Å²) in [5.41, 5.74) is 1.63. The van der Waals surface area contributed by atoms with E-state index in [4.69, 9.17) is 0 Å². The van der Waals surface area contributed by atoms with Gasteiger partial charge in [-0.05, 0) is 50.1 Å². The molecule has 2 aromatic heterocycles. The highest BCUT2D eigenvalue weighted by Crippen LogP contribution is 2.30. The highest BCUT2D eigenvalue weighted by atomic mass is 32.1. The van der Waals surface area contributed by atoms with Gasteiger partial charge in [0, 0.05) is 11.4 Å². The molecule has 2 heterocycles. The number of carbonyl (C=O) groups excluding carboxylic acids is 1. The van der Waals surface area contributed by atoms with Crippen LogP contribution in [0.1, 0.15) is 36.1 Å². The van der Waals surface area contributed by atoms with E-state index >= 15 is 0 Å². The van der Waals surface area contributed by atoms with E-state index in [0.717, 1.165) is 21.6 Å². The number of hydrogen-bond donors (Lipinski definition) is 1. The van der Waals surface area contributed by atoms with Crippen molar-refractivity contribution in [1.82, 2.24) is 15.1 Å². The van der Waals surface area contributed by atoms with Gasteiger partial charge in [0.25, 0.3) is 5.91 Å². The van der Waals surface area contributed by atoms with E-state index in [1.807, 2.05) is 19.9 Å². The molecule has 6 heteroatoms. The lowest BCUT2D eigenvalue weighted by Gasteiger charge is -2.16. The second kappa shape index (κ2) is 6.36. The van der Waals surface area contributed by atoms with Crippen LogP contribution in [0.5, 0.6) is 0 Å². The highest BCUT2D eigenvalue weighted by Gasteiger charge is 2.19. The molecule has 1 N–H and O–H groups in total. The highest BCUT2D eigenvalue weighted by molar-refractivity contribution is 7.20. The summed E-state index contributed by atoms with van der Waals surface area (Å²) in [6.45, 7) is 8.06. The van der Waals surface area contributed by atoms with Gasteiger partial charge in [0.1, 0.15) is 10.6 Å². The van der Waals surface area contributed by atoms with Gasteiger partial charge in [-0.1, -0.05) is 13.8 Å². The summed E-state index contributed by atoms with van der Waals surface area (Å²) in [7, 11) is 0. The lowest BCUT2D eigenvalue weighted by atomic mass is 10.1. The molecule has 126 valence electrons. The monoisotopic (exact) mass is 345 g/mol. The van der Waals surface area contributed by atoms with Crippen LogP contribution in [0, 0.1) is 18.7 Å². The van der Waals surface area contributed by atoms with Crippen LogP contribution in [-0.2, 0) is 0 Å². The zero-order valence-corrected chi connectivity index (χ0v) is 14.9. The van der Waals surface area contributed by atoms with Gasteiger partial charge in [-0.3, -0.25) is 4.79 Å². The van der Waals surface area contributed by atoms with Crippen molar-refractivity contribution in [2.45, 2.75) is 33.7 Å². The van der Waals surface area contributed by atoms with Crippen molar-refractivity contribution in [2.24, 2.45) is 5.92 Å². The molecule has 4 nitrogen and oxygen atoms in total. The molecule has 0 radical (unpaired) electrons. The van der Waals surface area contributed by atoms with E-state index in [2.05, 4.69) is 24.3 Å². The quantitative estimate of drug-likeness (QED) is 0.766.